The Morgan fingerprint density at radius 1 is 1.19 bits per heavy atom. The highest BCUT2D eigenvalue weighted by Gasteiger charge is 2.28. The van der Waals surface area contributed by atoms with Gasteiger partial charge in [0.2, 0.25) is 5.95 Å². The van der Waals surface area contributed by atoms with Gasteiger partial charge in [-0.05, 0) is 32.3 Å². The van der Waals surface area contributed by atoms with Crippen LogP contribution < -0.4 is 15.5 Å². The van der Waals surface area contributed by atoms with Crippen molar-refractivity contribution in [3.63, 3.8) is 0 Å². The molecule has 9 heteroatoms. The van der Waals surface area contributed by atoms with Gasteiger partial charge in [0.15, 0.2) is 0 Å². The van der Waals surface area contributed by atoms with Gasteiger partial charge in [-0.3, -0.25) is 4.57 Å². The average Bonchev–Trinajstić information content (AvgIpc) is 3.25. The number of hydrogen-bond acceptors (Lipinski definition) is 7. The molecule has 0 unspecified atom stereocenters. The Bertz CT molecular complexity index is 854. The number of piperidine rings is 1. The third-order valence-corrected chi connectivity index (χ3v) is 5.61. The van der Waals surface area contributed by atoms with E-state index in [-0.39, 0.29) is 17.7 Å². The molecule has 0 amide bonds. The van der Waals surface area contributed by atoms with Crippen LogP contribution in [0.2, 0.25) is 0 Å². The normalized spacial score (nSPS) is 21.2. The van der Waals surface area contributed by atoms with E-state index in [0.29, 0.717) is 13.1 Å². The molecule has 2 aliphatic heterocycles. The Kier molecular flexibility index (Phi) is 4.86. The highest BCUT2D eigenvalue weighted by atomic mass is 16.3. The van der Waals surface area contributed by atoms with E-state index in [0.717, 1.165) is 56.5 Å². The molecular weight excluding hydrogens is 346 g/mol. The van der Waals surface area contributed by atoms with Gasteiger partial charge in [-0.15, -0.1) is 0 Å². The van der Waals surface area contributed by atoms with Gasteiger partial charge in [0.25, 0.3) is 0 Å². The van der Waals surface area contributed by atoms with Crippen molar-refractivity contribution in [2.75, 3.05) is 36.0 Å². The maximum Gasteiger partial charge on any atom is 0.345 e. The Morgan fingerprint density at radius 2 is 1.93 bits per heavy atom. The second kappa shape index (κ2) is 7.30. The summed E-state index contributed by atoms with van der Waals surface area (Å²) in [5, 5.41) is 14.2. The summed E-state index contributed by atoms with van der Waals surface area (Å²) in [6.45, 7) is 5.77. The lowest BCUT2D eigenvalue weighted by molar-refractivity contribution is 0.198. The number of aliphatic hydroxyl groups excluding tert-OH is 1. The van der Waals surface area contributed by atoms with Gasteiger partial charge in [0, 0.05) is 51.9 Å². The van der Waals surface area contributed by atoms with Crippen molar-refractivity contribution >= 4 is 11.8 Å². The topological polar surface area (TPSA) is 92.3 Å². The number of nitrogens with zero attached hydrogens (tertiary/aromatic N) is 7. The zero-order chi connectivity index (χ0) is 19.0. The first-order valence-corrected chi connectivity index (χ1v) is 9.71. The van der Waals surface area contributed by atoms with E-state index in [2.05, 4.69) is 19.9 Å². The van der Waals surface area contributed by atoms with Crippen LogP contribution in [0.3, 0.4) is 0 Å². The number of anilines is 2. The molecule has 146 valence electrons. The molecule has 27 heavy (non-hydrogen) atoms. The van der Waals surface area contributed by atoms with E-state index >= 15 is 0 Å². The summed E-state index contributed by atoms with van der Waals surface area (Å²) in [6, 6.07) is 1.90. The Hall–Kier alpha value is -2.42. The van der Waals surface area contributed by atoms with Crippen molar-refractivity contribution in [3.8, 4) is 0 Å². The smallest absolute Gasteiger partial charge is 0.345 e. The summed E-state index contributed by atoms with van der Waals surface area (Å²) >= 11 is 0. The molecule has 0 bridgehead atoms. The lowest BCUT2D eigenvalue weighted by Crippen LogP contribution is -2.35. The van der Waals surface area contributed by atoms with Crippen molar-refractivity contribution in [2.24, 2.45) is 7.05 Å². The minimum atomic E-state index is -0.270. The minimum Gasteiger partial charge on any atom is -0.391 e. The fourth-order valence-electron chi connectivity index (χ4n) is 4.08. The second-order valence-corrected chi connectivity index (χ2v) is 7.37. The standard InChI is InChI=1S/C18H27N7O2/c1-3-25-16(21-22(2)18(25)27)13-5-9-23(10-6-13)17-19-8-4-15(20-17)24-11-7-14(26)12-24/h4,8,13-14,26H,3,5-7,9-12H2,1-2H3/t14-/m1/s1. The Balaban J connectivity index is 1.45. The van der Waals surface area contributed by atoms with E-state index in [4.69, 9.17) is 4.98 Å². The number of aliphatic hydroxyl groups is 1. The van der Waals surface area contributed by atoms with Crippen LogP contribution in [0, 0.1) is 0 Å². The van der Waals surface area contributed by atoms with Crippen molar-refractivity contribution < 1.29 is 5.11 Å². The molecule has 4 heterocycles. The van der Waals surface area contributed by atoms with E-state index in [9.17, 15) is 9.90 Å². The van der Waals surface area contributed by atoms with Crippen LogP contribution in [0.5, 0.6) is 0 Å². The van der Waals surface area contributed by atoms with Crippen molar-refractivity contribution in [2.45, 2.75) is 44.8 Å². The van der Waals surface area contributed by atoms with E-state index in [1.54, 1.807) is 17.8 Å². The van der Waals surface area contributed by atoms with Crippen molar-refractivity contribution in [1.29, 1.82) is 0 Å². The van der Waals surface area contributed by atoms with Gasteiger partial charge in [-0.1, -0.05) is 0 Å². The molecule has 2 aromatic heterocycles. The lowest BCUT2D eigenvalue weighted by Gasteiger charge is -2.32. The first-order valence-electron chi connectivity index (χ1n) is 9.71. The Labute approximate surface area is 158 Å². The first kappa shape index (κ1) is 18.0. The van der Waals surface area contributed by atoms with Crippen LogP contribution in [0.1, 0.15) is 37.9 Å². The molecule has 4 rings (SSSR count). The maximum absolute atomic E-state index is 12.1. The van der Waals surface area contributed by atoms with Crippen LogP contribution in [-0.2, 0) is 13.6 Å². The van der Waals surface area contributed by atoms with Crippen molar-refractivity contribution in [3.05, 3.63) is 28.6 Å². The summed E-state index contributed by atoms with van der Waals surface area (Å²) in [4.78, 5) is 25.6. The van der Waals surface area contributed by atoms with Gasteiger partial charge >= 0.3 is 5.69 Å². The van der Waals surface area contributed by atoms with Gasteiger partial charge in [0.1, 0.15) is 11.6 Å². The third-order valence-electron chi connectivity index (χ3n) is 5.61. The number of aromatic nitrogens is 5. The minimum absolute atomic E-state index is 0.0428. The molecule has 2 aliphatic rings. The van der Waals surface area contributed by atoms with Gasteiger partial charge in [-0.25, -0.2) is 14.5 Å². The summed E-state index contributed by atoms with van der Waals surface area (Å²) in [6.07, 6.45) is 4.16. The predicted molar refractivity (Wildman–Crippen MR) is 102 cm³/mol. The number of β-amino-alcohol motifs (C(OH)–C–C–N with tert-alkyl or cyclic N) is 1. The second-order valence-electron chi connectivity index (χ2n) is 7.37. The van der Waals surface area contributed by atoms with Crippen LogP contribution >= 0.6 is 0 Å². The quantitative estimate of drug-likeness (QED) is 0.826. The molecule has 2 aromatic rings. The highest BCUT2D eigenvalue weighted by Crippen LogP contribution is 2.28. The number of hydrogen-bond donors (Lipinski definition) is 1. The van der Waals surface area contributed by atoms with Crippen LogP contribution in [0.4, 0.5) is 11.8 Å². The summed E-state index contributed by atoms with van der Waals surface area (Å²) in [7, 11) is 1.71. The van der Waals surface area contributed by atoms with Gasteiger partial charge < -0.3 is 14.9 Å². The molecule has 1 atom stereocenters. The molecule has 1 N–H and O–H groups in total. The van der Waals surface area contributed by atoms with Gasteiger partial charge in [0.05, 0.1) is 6.10 Å². The van der Waals surface area contributed by atoms with E-state index in [1.165, 1.54) is 4.68 Å². The largest absolute Gasteiger partial charge is 0.391 e. The molecule has 2 fully saturated rings. The number of aryl methyl sites for hydroxylation is 1. The van der Waals surface area contributed by atoms with Gasteiger partial charge in [-0.2, -0.15) is 10.1 Å². The zero-order valence-electron chi connectivity index (χ0n) is 16.0. The zero-order valence-corrected chi connectivity index (χ0v) is 16.0. The fourth-order valence-corrected chi connectivity index (χ4v) is 4.08. The monoisotopic (exact) mass is 373 g/mol. The first-order chi connectivity index (χ1) is 13.1. The summed E-state index contributed by atoms with van der Waals surface area (Å²) < 4.78 is 3.21. The van der Waals surface area contributed by atoms with E-state index < -0.39 is 0 Å². The third kappa shape index (κ3) is 3.43. The van der Waals surface area contributed by atoms with Crippen LogP contribution in [-0.4, -0.2) is 61.7 Å². The lowest BCUT2D eigenvalue weighted by atomic mass is 9.96. The molecule has 2 saturated heterocycles. The SMILES string of the molecule is CCn1c(C2CCN(c3nccc(N4CC[C@@H](O)C4)n3)CC2)nn(C)c1=O. The Morgan fingerprint density at radius 3 is 2.59 bits per heavy atom. The number of rotatable bonds is 4. The highest BCUT2D eigenvalue weighted by molar-refractivity contribution is 5.45. The molecule has 0 aliphatic carbocycles. The predicted octanol–water partition coefficient (Wildman–Crippen LogP) is 0.347. The summed E-state index contributed by atoms with van der Waals surface area (Å²) in [5.41, 5.74) is -0.0428. The molecule has 0 spiro atoms. The average molecular weight is 373 g/mol. The summed E-state index contributed by atoms with van der Waals surface area (Å²) in [5.74, 6) is 2.79. The molecule has 0 saturated carbocycles. The van der Waals surface area contributed by atoms with Crippen molar-refractivity contribution in [1.82, 2.24) is 24.3 Å². The maximum atomic E-state index is 12.1. The van der Waals surface area contributed by atoms with E-state index in [1.807, 2.05) is 13.0 Å². The molecule has 0 aromatic carbocycles. The molecule has 0 radical (unpaired) electrons. The van der Waals surface area contributed by atoms with Crippen LogP contribution in [0.15, 0.2) is 17.1 Å². The fraction of sp³-hybridized carbons (Fsp3) is 0.667. The molecule has 9 nitrogen and oxygen atoms in total. The molecular formula is C18H27N7O2. The van der Waals surface area contributed by atoms with Crippen LogP contribution in [0.25, 0.3) is 0 Å².